The molecule has 20 heavy (non-hydrogen) atoms. The van der Waals surface area contributed by atoms with Crippen molar-refractivity contribution in [2.24, 2.45) is 0 Å². The first-order valence-corrected chi connectivity index (χ1v) is 6.79. The average molecular weight is 273 g/mol. The maximum absolute atomic E-state index is 12.5. The quantitative estimate of drug-likeness (QED) is 0.803. The highest BCUT2D eigenvalue weighted by atomic mass is 16.3. The third kappa shape index (κ3) is 3.60. The van der Waals surface area contributed by atoms with Crippen LogP contribution >= 0.6 is 0 Å². The lowest BCUT2D eigenvalue weighted by molar-refractivity contribution is 0.0707. The van der Waals surface area contributed by atoms with Crippen molar-refractivity contribution in [2.45, 2.75) is 25.8 Å². The minimum absolute atomic E-state index is 0.0226. The van der Waals surface area contributed by atoms with E-state index in [0.717, 1.165) is 24.0 Å². The molecule has 2 rings (SSSR count). The topological polar surface area (TPSA) is 60.8 Å². The summed E-state index contributed by atoms with van der Waals surface area (Å²) >= 11 is 0. The second-order valence-corrected chi connectivity index (χ2v) is 5.00. The third-order valence-corrected chi connectivity index (χ3v) is 3.23. The highest BCUT2D eigenvalue weighted by Crippen LogP contribution is 2.28. The van der Waals surface area contributed by atoms with Gasteiger partial charge in [-0.15, -0.1) is 0 Å². The van der Waals surface area contributed by atoms with Crippen LogP contribution in [-0.2, 0) is 0 Å². The van der Waals surface area contributed by atoms with E-state index in [-0.39, 0.29) is 25.2 Å². The molecule has 0 unspecified atom stereocenters. The van der Waals surface area contributed by atoms with E-state index in [1.54, 1.807) is 11.0 Å². The number of carbonyl (C=O) groups excluding carboxylic acids is 1. The number of aliphatic hydroxyl groups excluding tert-OH is 2. The molecule has 0 saturated heterocycles. The summed E-state index contributed by atoms with van der Waals surface area (Å²) in [5, 5.41) is 17.8. The van der Waals surface area contributed by atoms with Crippen molar-refractivity contribution in [1.82, 2.24) is 4.90 Å². The molecule has 0 heterocycles. The fourth-order valence-electron chi connectivity index (χ4n) is 2.23. The first-order valence-electron chi connectivity index (χ1n) is 6.79. The highest BCUT2D eigenvalue weighted by Gasteiger charge is 2.32. The maximum Gasteiger partial charge on any atom is 0.254 e. The van der Waals surface area contributed by atoms with Crippen LogP contribution in [-0.4, -0.2) is 46.8 Å². The Labute approximate surface area is 119 Å². The molecule has 4 heteroatoms. The number of aliphatic hydroxyl groups is 2. The van der Waals surface area contributed by atoms with Gasteiger partial charge in [-0.05, 0) is 43.5 Å². The van der Waals surface area contributed by atoms with E-state index in [0.29, 0.717) is 12.1 Å². The summed E-state index contributed by atoms with van der Waals surface area (Å²) in [4.78, 5) is 14.2. The second-order valence-electron chi connectivity index (χ2n) is 5.00. The predicted octanol–water partition coefficient (Wildman–Crippen LogP) is 0.936. The number of nitrogens with zero attached hydrogens (tertiary/aromatic N) is 1. The van der Waals surface area contributed by atoms with E-state index in [1.807, 2.05) is 19.1 Å². The number of carbonyl (C=O) groups is 1. The van der Waals surface area contributed by atoms with Crippen molar-refractivity contribution in [1.29, 1.82) is 0 Å². The Morgan fingerprint density at radius 1 is 1.35 bits per heavy atom. The summed E-state index contributed by atoms with van der Waals surface area (Å²) in [7, 11) is 0. The van der Waals surface area contributed by atoms with E-state index < -0.39 is 0 Å². The van der Waals surface area contributed by atoms with Gasteiger partial charge in [0.15, 0.2) is 0 Å². The van der Waals surface area contributed by atoms with Crippen molar-refractivity contribution in [3.05, 3.63) is 34.9 Å². The summed E-state index contributed by atoms with van der Waals surface area (Å²) in [6, 6.07) is 5.72. The van der Waals surface area contributed by atoms with E-state index >= 15 is 0 Å². The highest BCUT2D eigenvalue weighted by molar-refractivity contribution is 5.95. The molecule has 0 bridgehead atoms. The molecule has 1 amide bonds. The Bertz CT molecular complexity index is 553. The molecule has 0 radical (unpaired) electrons. The van der Waals surface area contributed by atoms with Crippen LogP contribution in [0.3, 0.4) is 0 Å². The lowest BCUT2D eigenvalue weighted by Crippen LogP contribution is -2.35. The molecule has 1 aliphatic rings. The molecule has 0 atom stereocenters. The average Bonchev–Trinajstić information content (AvgIpc) is 3.25. The van der Waals surface area contributed by atoms with Gasteiger partial charge in [0.25, 0.3) is 5.91 Å². The van der Waals surface area contributed by atoms with E-state index in [4.69, 9.17) is 10.2 Å². The first kappa shape index (κ1) is 14.6. The zero-order chi connectivity index (χ0) is 14.5. The second kappa shape index (κ2) is 6.56. The minimum Gasteiger partial charge on any atom is -0.395 e. The van der Waals surface area contributed by atoms with Gasteiger partial charge in [-0.1, -0.05) is 11.8 Å². The summed E-state index contributed by atoms with van der Waals surface area (Å²) < 4.78 is 0. The molecule has 0 spiro atoms. The van der Waals surface area contributed by atoms with Gasteiger partial charge in [0.05, 0.1) is 6.61 Å². The number of amides is 1. The molecular formula is C16H19NO3. The Morgan fingerprint density at radius 2 is 2.10 bits per heavy atom. The SMILES string of the molecule is Cc1cc(C#CCO)cc(C(=O)N(CCO)C2CC2)c1. The molecule has 0 aliphatic heterocycles. The molecule has 1 saturated carbocycles. The van der Waals surface area contributed by atoms with Gasteiger partial charge in [-0.2, -0.15) is 0 Å². The lowest BCUT2D eigenvalue weighted by Gasteiger charge is -2.21. The van der Waals surface area contributed by atoms with Gasteiger partial charge in [0.1, 0.15) is 6.61 Å². The zero-order valence-corrected chi connectivity index (χ0v) is 11.6. The Balaban J connectivity index is 2.26. The van der Waals surface area contributed by atoms with Crippen molar-refractivity contribution in [3.8, 4) is 11.8 Å². The maximum atomic E-state index is 12.5. The monoisotopic (exact) mass is 273 g/mol. The zero-order valence-electron chi connectivity index (χ0n) is 11.6. The van der Waals surface area contributed by atoms with Crippen LogP contribution in [0.2, 0.25) is 0 Å². The minimum atomic E-state index is -0.198. The molecule has 1 aromatic carbocycles. The van der Waals surface area contributed by atoms with Crippen molar-refractivity contribution < 1.29 is 15.0 Å². The third-order valence-electron chi connectivity index (χ3n) is 3.23. The smallest absolute Gasteiger partial charge is 0.254 e. The molecule has 4 nitrogen and oxygen atoms in total. The molecule has 0 aromatic heterocycles. The molecule has 106 valence electrons. The van der Waals surface area contributed by atoms with Crippen LogP contribution in [0.1, 0.15) is 34.3 Å². The fourth-order valence-corrected chi connectivity index (χ4v) is 2.23. The molecule has 2 N–H and O–H groups in total. The van der Waals surface area contributed by atoms with Crippen LogP contribution in [0.15, 0.2) is 18.2 Å². The first-order chi connectivity index (χ1) is 9.65. The summed E-state index contributed by atoms with van der Waals surface area (Å²) in [6.45, 7) is 2.06. The van der Waals surface area contributed by atoms with Crippen LogP contribution < -0.4 is 0 Å². The standard InChI is InChI=1S/C16H19NO3/c1-12-9-13(3-2-7-18)11-14(10-12)16(20)17(6-8-19)15-4-5-15/h9-11,15,18-19H,4-8H2,1H3. The molecule has 1 aromatic rings. The van der Waals surface area contributed by atoms with Gasteiger partial charge in [0, 0.05) is 23.7 Å². The number of benzene rings is 1. The normalized spacial score (nSPS) is 13.6. The summed E-state index contributed by atoms with van der Waals surface area (Å²) in [5.74, 6) is 5.36. The molecular weight excluding hydrogens is 254 g/mol. The van der Waals surface area contributed by atoms with Gasteiger partial charge in [-0.3, -0.25) is 4.79 Å². The van der Waals surface area contributed by atoms with Gasteiger partial charge >= 0.3 is 0 Å². The van der Waals surface area contributed by atoms with E-state index in [1.165, 1.54) is 0 Å². The van der Waals surface area contributed by atoms with Gasteiger partial charge < -0.3 is 15.1 Å². The molecule has 1 fully saturated rings. The van der Waals surface area contributed by atoms with Crippen molar-refractivity contribution >= 4 is 5.91 Å². The van der Waals surface area contributed by atoms with Crippen LogP contribution in [0.25, 0.3) is 0 Å². The van der Waals surface area contributed by atoms with Crippen LogP contribution in [0.5, 0.6) is 0 Å². The fraction of sp³-hybridized carbons (Fsp3) is 0.438. The summed E-state index contributed by atoms with van der Waals surface area (Å²) in [5.41, 5.74) is 2.27. The number of hydrogen-bond acceptors (Lipinski definition) is 3. The van der Waals surface area contributed by atoms with Crippen LogP contribution in [0.4, 0.5) is 0 Å². The van der Waals surface area contributed by atoms with Gasteiger partial charge in [-0.25, -0.2) is 0 Å². The number of rotatable bonds is 4. The van der Waals surface area contributed by atoms with Crippen LogP contribution in [0, 0.1) is 18.8 Å². The van der Waals surface area contributed by atoms with E-state index in [9.17, 15) is 4.79 Å². The number of aryl methyl sites for hydroxylation is 1. The summed E-state index contributed by atoms with van der Waals surface area (Å²) in [6.07, 6.45) is 2.02. The lowest BCUT2D eigenvalue weighted by atomic mass is 10.1. The Kier molecular flexibility index (Phi) is 4.78. The van der Waals surface area contributed by atoms with E-state index in [2.05, 4.69) is 11.8 Å². The Hall–Kier alpha value is -1.83. The number of hydrogen-bond donors (Lipinski definition) is 2. The van der Waals surface area contributed by atoms with Crippen molar-refractivity contribution in [3.63, 3.8) is 0 Å². The van der Waals surface area contributed by atoms with Gasteiger partial charge in [0.2, 0.25) is 0 Å². The Morgan fingerprint density at radius 3 is 2.70 bits per heavy atom. The predicted molar refractivity (Wildman–Crippen MR) is 76.3 cm³/mol. The van der Waals surface area contributed by atoms with Crippen molar-refractivity contribution in [2.75, 3.05) is 19.8 Å². The largest absolute Gasteiger partial charge is 0.395 e. The molecule has 1 aliphatic carbocycles.